The van der Waals surface area contributed by atoms with Crippen molar-refractivity contribution in [3.63, 3.8) is 0 Å². The van der Waals surface area contributed by atoms with Gasteiger partial charge in [0, 0.05) is 43.1 Å². The summed E-state index contributed by atoms with van der Waals surface area (Å²) in [7, 11) is 6.23. The Labute approximate surface area is 116 Å². The average Bonchev–Trinajstić information content (AvgIpc) is 2.74. The number of likely N-dealkylation sites (N-methyl/N-ethyl adjacent to an activating group) is 1. The summed E-state index contributed by atoms with van der Waals surface area (Å²) in [6.45, 7) is 7.23. The lowest BCUT2D eigenvalue weighted by molar-refractivity contribution is 0.266. The van der Waals surface area contributed by atoms with Gasteiger partial charge in [0.25, 0.3) is 0 Å². The molecule has 1 aromatic rings. The van der Waals surface area contributed by atoms with Crippen molar-refractivity contribution in [3.05, 3.63) is 17.5 Å². The molecule has 5 heteroatoms. The van der Waals surface area contributed by atoms with E-state index in [1.165, 1.54) is 5.56 Å². The molecular weight excluding hydrogens is 238 g/mol. The van der Waals surface area contributed by atoms with Crippen LogP contribution >= 0.6 is 0 Å². The van der Waals surface area contributed by atoms with Gasteiger partial charge in [0.1, 0.15) is 0 Å². The molecule has 1 aliphatic rings. The van der Waals surface area contributed by atoms with Crippen molar-refractivity contribution in [2.45, 2.75) is 26.4 Å². The van der Waals surface area contributed by atoms with Crippen molar-refractivity contribution in [2.24, 2.45) is 5.92 Å². The fourth-order valence-electron chi connectivity index (χ4n) is 2.78. The lowest BCUT2D eigenvalue weighted by atomic mass is 10.1. The predicted molar refractivity (Wildman–Crippen MR) is 78.4 cm³/mol. The van der Waals surface area contributed by atoms with Gasteiger partial charge in [-0.1, -0.05) is 6.92 Å². The van der Waals surface area contributed by atoms with Gasteiger partial charge in [-0.3, -0.25) is 0 Å². The predicted octanol–water partition coefficient (Wildman–Crippen LogP) is 0.891. The van der Waals surface area contributed by atoms with Crippen molar-refractivity contribution in [3.8, 4) is 0 Å². The maximum Gasteiger partial charge on any atom is 0.225 e. The SMILES string of the molecule is CNCc1cnc(N2CC(C)C(N(C)C)C2)nc1C. The van der Waals surface area contributed by atoms with E-state index in [0.29, 0.717) is 12.0 Å². The molecule has 2 heterocycles. The molecular formula is C14H25N5. The van der Waals surface area contributed by atoms with E-state index in [-0.39, 0.29) is 0 Å². The molecule has 1 aromatic heterocycles. The molecule has 19 heavy (non-hydrogen) atoms. The number of aromatic nitrogens is 2. The Morgan fingerprint density at radius 3 is 2.68 bits per heavy atom. The Hall–Kier alpha value is -1.20. The van der Waals surface area contributed by atoms with Crippen LogP contribution in [0.25, 0.3) is 0 Å². The Morgan fingerprint density at radius 1 is 1.42 bits per heavy atom. The zero-order valence-corrected chi connectivity index (χ0v) is 12.6. The first-order valence-corrected chi connectivity index (χ1v) is 6.91. The minimum absolute atomic E-state index is 0.584. The molecule has 0 saturated carbocycles. The van der Waals surface area contributed by atoms with E-state index in [9.17, 15) is 0 Å². The number of nitrogens with one attached hydrogen (secondary N) is 1. The summed E-state index contributed by atoms with van der Waals surface area (Å²) in [5.74, 6) is 1.52. The Bertz CT molecular complexity index is 432. The van der Waals surface area contributed by atoms with Crippen LogP contribution in [-0.2, 0) is 6.54 Å². The second kappa shape index (κ2) is 5.84. The lowest BCUT2D eigenvalue weighted by Gasteiger charge is -2.22. The van der Waals surface area contributed by atoms with Gasteiger partial charge in [0.05, 0.1) is 0 Å². The topological polar surface area (TPSA) is 44.3 Å². The molecule has 5 nitrogen and oxygen atoms in total. The molecule has 0 radical (unpaired) electrons. The highest BCUT2D eigenvalue weighted by molar-refractivity contribution is 5.35. The summed E-state index contributed by atoms with van der Waals surface area (Å²) in [5, 5.41) is 3.14. The molecule has 0 amide bonds. The maximum atomic E-state index is 4.66. The standard InChI is InChI=1S/C14H25N5/c1-10-8-19(9-13(10)18(4)5)14-16-7-12(6-15-3)11(2)17-14/h7,10,13,15H,6,8-9H2,1-5H3. The van der Waals surface area contributed by atoms with E-state index in [1.54, 1.807) is 0 Å². The van der Waals surface area contributed by atoms with Crippen molar-refractivity contribution < 1.29 is 0 Å². The van der Waals surface area contributed by atoms with E-state index >= 15 is 0 Å². The molecule has 0 aliphatic carbocycles. The number of anilines is 1. The van der Waals surface area contributed by atoms with E-state index in [1.807, 2.05) is 13.2 Å². The third-order valence-electron chi connectivity index (χ3n) is 3.95. The highest BCUT2D eigenvalue weighted by Crippen LogP contribution is 2.23. The van der Waals surface area contributed by atoms with E-state index in [4.69, 9.17) is 0 Å². The maximum absolute atomic E-state index is 4.66. The van der Waals surface area contributed by atoms with Crippen LogP contribution in [0.2, 0.25) is 0 Å². The van der Waals surface area contributed by atoms with Crippen molar-refractivity contribution in [1.29, 1.82) is 0 Å². The van der Waals surface area contributed by atoms with Gasteiger partial charge in [-0.15, -0.1) is 0 Å². The van der Waals surface area contributed by atoms with Gasteiger partial charge in [-0.05, 0) is 34.0 Å². The fourth-order valence-corrected chi connectivity index (χ4v) is 2.78. The van der Waals surface area contributed by atoms with Crippen LogP contribution in [0.5, 0.6) is 0 Å². The summed E-state index contributed by atoms with van der Waals surface area (Å²) in [6.07, 6.45) is 1.95. The zero-order valence-electron chi connectivity index (χ0n) is 12.6. The second-order valence-electron chi connectivity index (χ2n) is 5.72. The highest BCUT2D eigenvalue weighted by Gasteiger charge is 2.32. The zero-order chi connectivity index (χ0) is 14.0. The molecule has 0 aromatic carbocycles. The number of rotatable bonds is 4. The van der Waals surface area contributed by atoms with Gasteiger partial charge >= 0.3 is 0 Å². The van der Waals surface area contributed by atoms with Crippen molar-refractivity contribution in [2.75, 3.05) is 39.1 Å². The third kappa shape index (κ3) is 3.04. The van der Waals surface area contributed by atoms with E-state index in [0.717, 1.165) is 31.3 Å². The summed E-state index contributed by atoms with van der Waals surface area (Å²) in [6, 6.07) is 0.584. The van der Waals surface area contributed by atoms with E-state index < -0.39 is 0 Å². The monoisotopic (exact) mass is 263 g/mol. The molecule has 106 valence electrons. The third-order valence-corrected chi connectivity index (χ3v) is 3.95. The van der Waals surface area contributed by atoms with Gasteiger partial charge in [-0.25, -0.2) is 9.97 Å². The van der Waals surface area contributed by atoms with E-state index in [2.05, 4.69) is 53.0 Å². The van der Waals surface area contributed by atoms with Gasteiger partial charge in [-0.2, -0.15) is 0 Å². The van der Waals surface area contributed by atoms with Gasteiger partial charge < -0.3 is 15.1 Å². The van der Waals surface area contributed by atoms with Crippen LogP contribution in [0.3, 0.4) is 0 Å². The molecule has 0 spiro atoms. The molecule has 1 aliphatic heterocycles. The molecule has 1 fully saturated rings. The van der Waals surface area contributed by atoms with Crippen molar-refractivity contribution >= 4 is 5.95 Å². The normalized spacial score (nSPS) is 23.4. The number of hydrogen-bond acceptors (Lipinski definition) is 5. The van der Waals surface area contributed by atoms with Crippen LogP contribution < -0.4 is 10.2 Å². The van der Waals surface area contributed by atoms with Crippen LogP contribution in [0.15, 0.2) is 6.20 Å². The Kier molecular flexibility index (Phi) is 4.37. The molecule has 0 bridgehead atoms. The van der Waals surface area contributed by atoms with Crippen LogP contribution in [-0.4, -0.2) is 55.1 Å². The first-order chi connectivity index (χ1) is 9.02. The molecule has 2 unspecified atom stereocenters. The second-order valence-corrected chi connectivity index (χ2v) is 5.72. The van der Waals surface area contributed by atoms with Gasteiger partial charge in [0.15, 0.2) is 0 Å². The van der Waals surface area contributed by atoms with Crippen LogP contribution in [0.1, 0.15) is 18.2 Å². The summed E-state index contributed by atoms with van der Waals surface area (Å²) in [5.41, 5.74) is 2.24. The minimum atomic E-state index is 0.584. The fraction of sp³-hybridized carbons (Fsp3) is 0.714. The highest BCUT2D eigenvalue weighted by atomic mass is 15.3. The summed E-state index contributed by atoms with van der Waals surface area (Å²) >= 11 is 0. The Balaban J connectivity index is 2.13. The average molecular weight is 263 g/mol. The molecule has 1 N–H and O–H groups in total. The smallest absolute Gasteiger partial charge is 0.225 e. The minimum Gasteiger partial charge on any atom is -0.339 e. The summed E-state index contributed by atoms with van der Waals surface area (Å²) in [4.78, 5) is 13.8. The van der Waals surface area contributed by atoms with Crippen LogP contribution in [0, 0.1) is 12.8 Å². The Morgan fingerprint density at radius 2 is 2.16 bits per heavy atom. The van der Waals surface area contributed by atoms with Crippen molar-refractivity contribution in [1.82, 2.24) is 20.2 Å². The molecule has 1 saturated heterocycles. The first kappa shape index (κ1) is 14.2. The summed E-state index contributed by atoms with van der Waals surface area (Å²) < 4.78 is 0. The molecule has 2 atom stereocenters. The first-order valence-electron chi connectivity index (χ1n) is 6.91. The van der Waals surface area contributed by atoms with Crippen LogP contribution in [0.4, 0.5) is 5.95 Å². The number of hydrogen-bond donors (Lipinski definition) is 1. The number of nitrogens with zero attached hydrogens (tertiary/aromatic N) is 4. The largest absolute Gasteiger partial charge is 0.339 e. The van der Waals surface area contributed by atoms with Gasteiger partial charge in [0.2, 0.25) is 5.95 Å². The number of aryl methyl sites for hydroxylation is 1. The molecule has 2 rings (SSSR count). The quantitative estimate of drug-likeness (QED) is 0.874. The lowest BCUT2D eigenvalue weighted by Crippen LogP contribution is -2.34.